The topological polar surface area (TPSA) is 82.4 Å². The van der Waals surface area contributed by atoms with Crippen LogP contribution in [0.2, 0.25) is 0 Å². The highest BCUT2D eigenvalue weighted by Gasteiger charge is 2.27. The molecular weight excluding hydrogens is 346 g/mol. The van der Waals surface area contributed by atoms with E-state index in [1.54, 1.807) is 15.6 Å². The summed E-state index contributed by atoms with van der Waals surface area (Å²) in [5.41, 5.74) is 1.46. The van der Waals surface area contributed by atoms with Gasteiger partial charge in [-0.05, 0) is 46.8 Å². The molecule has 1 aliphatic heterocycles. The molecule has 8 nitrogen and oxygen atoms in total. The average molecular weight is 373 g/mol. The molecule has 27 heavy (non-hydrogen) atoms. The van der Waals surface area contributed by atoms with Gasteiger partial charge in [0.2, 0.25) is 5.88 Å². The Morgan fingerprint density at radius 1 is 1.15 bits per heavy atom. The van der Waals surface area contributed by atoms with E-state index in [1.807, 2.05) is 46.8 Å². The first kappa shape index (κ1) is 19.1. The Labute approximate surface area is 159 Å². The van der Waals surface area contributed by atoms with Gasteiger partial charge in [0.1, 0.15) is 11.7 Å². The average Bonchev–Trinajstić information content (AvgIpc) is 2.93. The van der Waals surface area contributed by atoms with Crippen molar-refractivity contribution in [2.24, 2.45) is 0 Å². The summed E-state index contributed by atoms with van der Waals surface area (Å²) in [6, 6.07) is 5.64. The van der Waals surface area contributed by atoms with Gasteiger partial charge in [0.25, 0.3) is 0 Å². The van der Waals surface area contributed by atoms with Crippen LogP contribution in [0.5, 0.6) is 5.88 Å². The third-order valence-electron chi connectivity index (χ3n) is 4.23. The molecule has 0 atom stereocenters. The van der Waals surface area contributed by atoms with Crippen molar-refractivity contribution in [3.63, 3.8) is 0 Å². The van der Waals surface area contributed by atoms with Crippen LogP contribution in [0.4, 0.5) is 4.79 Å². The highest BCUT2D eigenvalue weighted by Crippen LogP contribution is 2.20. The summed E-state index contributed by atoms with van der Waals surface area (Å²) in [5.74, 6) is 1.14. The number of carbonyl (C=O) groups is 1. The van der Waals surface area contributed by atoms with E-state index in [0.29, 0.717) is 24.8 Å². The number of likely N-dealkylation sites (tertiary alicyclic amines) is 1. The Balaban J connectivity index is 1.53. The van der Waals surface area contributed by atoms with Crippen molar-refractivity contribution in [1.82, 2.24) is 24.9 Å². The molecule has 1 aliphatic rings. The summed E-state index contributed by atoms with van der Waals surface area (Å²) < 4.78 is 13.1. The maximum absolute atomic E-state index is 12.1. The number of hydrogen-bond donors (Lipinski definition) is 0. The molecule has 0 spiro atoms. The van der Waals surface area contributed by atoms with Crippen LogP contribution in [-0.2, 0) is 4.74 Å². The van der Waals surface area contributed by atoms with Crippen LogP contribution in [-0.4, -0.2) is 55.8 Å². The third kappa shape index (κ3) is 4.96. The number of aryl methyl sites for hydroxylation is 2. The van der Waals surface area contributed by atoms with Gasteiger partial charge in [0, 0.05) is 37.7 Å². The van der Waals surface area contributed by atoms with Gasteiger partial charge in [-0.2, -0.15) is 5.10 Å². The number of nitrogens with zero attached hydrogens (tertiary/aromatic N) is 5. The van der Waals surface area contributed by atoms with Crippen LogP contribution in [0.3, 0.4) is 0 Å². The molecule has 1 fully saturated rings. The molecule has 3 rings (SSSR count). The predicted octanol–water partition coefficient (Wildman–Crippen LogP) is 3.06. The smallest absolute Gasteiger partial charge is 0.410 e. The second kappa shape index (κ2) is 7.54. The van der Waals surface area contributed by atoms with E-state index in [2.05, 4.69) is 15.3 Å². The van der Waals surface area contributed by atoms with Gasteiger partial charge in [0.15, 0.2) is 5.82 Å². The van der Waals surface area contributed by atoms with Crippen LogP contribution in [0.25, 0.3) is 5.82 Å². The first-order valence-electron chi connectivity index (χ1n) is 9.23. The predicted molar refractivity (Wildman–Crippen MR) is 100 cm³/mol. The highest BCUT2D eigenvalue weighted by atomic mass is 16.6. The molecule has 2 aromatic rings. The molecule has 0 aromatic carbocycles. The summed E-state index contributed by atoms with van der Waals surface area (Å²) in [7, 11) is 0. The Kier molecular flexibility index (Phi) is 5.34. The number of carbonyl (C=O) groups excluding carboxylic acids is 1. The maximum Gasteiger partial charge on any atom is 0.410 e. The quantitative estimate of drug-likeness (QED) is 0.822. The van der Waals surface area contributed by atoms with Gasteiger partial charge < -0.3 is 14.4 Å². The van der Waals surface area contributed by atoms with Crippen molar-refractivity contribution in [2.45, 2.75) is 59.2 Å². The SMILES string of the molecule is Cc1cc(C)n(-c2ccc(OC3CCN(C(=O)OC(C)(C)C)CC3)nn2)n1. The van der Waals surface area contributed by atoms with Gasteiger partial charge in [-0.3, -0.25) is 0 Å². The van der Waals surface area contributed by atoms with Crippen LogP contribution < -0.4 is 4.74 Å². The normalized spacial score (nSPS) is 15.7. The van der Waals surface area contributed by atoms with E-state index in [1.165, 1.54) is 0 Å². The zero-order valence-corrected chi connectivity index (χ0v) is 16.6. The minimum atomic E-state index is -0.479. The lowest BCUT2D eigenvalue weighted by atomic mass is 10.1. The standard InChI is InChI=1S/C19H27N5O3/c1-13-12-14(2)24(22-13)16-6-7-17(21-20-16)26-15-8-10-23(11-9-15)18(25)27-19(3,4)5/h6-7,12,15H,8-11H2,1-5H3. The summed E-state index contributed by atoms with van der Waals surface area (Å²) in [4.78, 5) is 13.8. The molecule has 1 saturated heterocycles. The van der Waals surface area contributed by atoms with Gasteiger partial charge >= 0.3 is 6.09 Å². The van der Waals surface area contributed by atoms with E-state index in [0.717, 1.165) is 24.2 Å². The molecule has 0 bridgehead atoms. The van der Waals surface area contributed by atoms with Crippen molar-refractivity contribution in [2.75, 3.05) is 13.1 Å². The van der Waals surface area contributed by atoms with Crippen LogP contribution in [0.15, 0.2) is 18.2 Å². The maximum atomic E-state index is 12.1. The fraction of sp³-hybridized carbons (Fsp3) is 0.579. The van der Waals surface area contributed by atoms with E-state index in [9.17, 15) is 4.79 Å². The second-order valence-corrected chi connectivity index (χ2v) is 7.85. The van der Waals surface area contributed by atoms with Crippen molar-refractivity contribution >= 4 is 6.09 Å². The second-order valence-electron chi connectivity index (χ2n) is 7.85. The molecular formula is C19H27N5O3. The fourth-order valence-electron chi connectivity index (χ4n) is 3.00. The van der Waals surface area contributed by atoms with Crippen molar-refractivity contribution in [3.8, 4) is 11.7 Å². The number of aromatic nitrogens is 4. The van der Waals surface area contributed by atoms with Gasteiger partial charge in [-0.25, -0.2) is 9.48 Å². The zero-order chi connectivity index (χ0) is 19.6. The molecule has 0 N–H and O–H groups in total. The number of rotatable bonds is 3. The monoisotopic (exact) mass is 373 g/mol. The zero-order valence-electron chi connectivity index (χ0n) is 16.6. The van der Waals surface area contributed by atoms with Crippen LogP contribution >= 0.6 is 0 Å². The Morgan fingerprint density at radius 2 is 1.85 bits per heavy atom. The first-order chi connectivity index (χ1) is 12.7. The Morgan fingerprint density at radius 3 is 2.37 bits per heavy atom. The number of hydrogen-bond acceptors (Lipinski definition) is 6. The Bertz CT molecular complexity index is 787. The lowest BCUT2D eigenvalue weighted by Gasteiger charge is -2.33. The fourth-order valence-corrected chi connectivity index (χ4v) is 3.00. The molecule has 2 aromatic heterocycles. The number of piperidine rings is 1. The molecule has 1 amide bonds. The molecule has 8 heteroatoms. The van der Waals surface area contributed by atoms with Crippen LogP contribution in [0.1, 0.15) is 45.0 Å². The van der Waals surface area contributed by atoms with E-state index < -0.39 is 5.60 Å². The lowest BCUT2D eigenvalue weighted by molar-refractivity contribution is 0.0122. The van der Waals surface area contributed by atoms with Crippen molar-refractivity contribution < 1.29 is 14.3 Å². The van der Waals surface area contributed by atoms with Gasteiger partial charge in [-0.15, -0.1) is 10.2 Å². The lowest BCUT2D eigenvalue weighted by Crippen LogP contribution is -2.44. The molecule has 0 saturated carbocycles. The largest absolute Gasteiger partial charge is 0.473 e. The molecule has 0 aliphatic carbocycles. The first-order valence-corrected chi connectivity index (χ1v) is 9.23. The minimum Gasteiger partial charge on any atom is -0.473 e. The van der Waals surface area contributed by atoms with Gasteiger partial charge in [-0.1, -0.05) is 0 Å². The van der Waals surface area contributed by atoms with E-state index >= 15 is 0 Å². The van der Waals surface area contributed by atoms with Crippen LogP contribution in [0, 0.1) is 13.8 Å². The molecule has 146 valence electrons. The summed E-state index contributed by atoms with van der Waals surface area (Å²) >= 11 is 0. The van der Waals surface area contributed by atoms with Crippen molar-refractivity contribution in [1.29, 1.82) is 0 Å². The van der Waals surface area contributed by atoms with Gasteiger partial charge in [0.05, 0.1) is 5.69 Å². The summed E-state index contributed by atoms with van der Waals surface area (Å²) in [6.45, 7) is 10.7. The minimum absolute atomic E-state index is 0.0116. The summed E-state index contributed by atoms with van der Waals surface area (Å²) in [6.07, 6.45) is 1.22. The van der Waals surface area contributed by atoms with E-state index in [-0.39, 0.29) is 12.2 Å². The number of amides is 1. The highest BCUT2D eigenvalue weighted by molar-refractivity contribution is 5.68. The molecule has 0 unspecified atom stereocenters. The molecule has 0 radical (unpaired) electrons. The third-order valence-corrected chi connectivity index (χ3v) is 4.23. The number of ether oxygens (including phenoxy) is 2. The summed E-state index contributed by atoms with van der Waals surface area (Å²) in [5, 5.41) is 12.8. The Hall–Kier alpha value is -2.64. The molecule has 3 heterocycles. The van der Waals surface area contributed by atoms with Crippen molar-refractivity contribution in [3.05, 3.63) is 29.6 Å². The van der Waals surface area contributed by atoms with E-state index in [4.69, 9.17) is 9.47 Å².